The van der Waals surface area contributed by atoms with Crippen LogP contribution in [0.25, 0.3) is 0 Å². The lowest BCUT2D eigenvalue weighted by molar-refractivity contribution is -0.115. The molecule has 20 heavy (non-hydrogen) atoms. The van der Waals surface area contributed by atoms with Crippen LogP contribution < -0.4 is 15.5 Å². The SMILES string of the molecule is CCNCc1nnc(N2CC(=O)Nc3ccccc32)o1. The summed E-state index contributed by atoms with van der Waals surface area (Å²) in [4.78, 5) is 13.5. The summed E-state index contributed by atoms with van der Waals surface area (Å²) >= 11 is 0. The average Bonchev–Trinajstić information content (AvgIpc) is 2.93. The number of rotatable bonds is 4. The first-order valence-electron chi connectivity index (χ1n) is 6.47. The van der Waals surface area contributed by atoms with Gasteiger partial charge in [-0.3, -0.25) is 9.69 Å². The molecule has 0 saturated heterocycles. The highest BCUT2D eigenvalue weighted by molar-refractivity contribution is 6.02. The van der Waals surface area contributed by atoms with E-state index in [0.29, 0.717) is 18.5 Å². The van der Waals surface area contributed by atoms with Crippen molar-refractivity contribution in [2.24, 2.45) is 0 Å². The minimum atomic E-state index is -0.102. The highest BCUT2D eigenvalue weighted by atomic mass is 16.4. The van der Waals surface area contributed by atoms with Gasteiger partial charge in [0.2, 0.25) is 11.8 Å². The standard InChI is InChI=1S/C13H15N5O2/c1-2-14-7-12-16-17-13(20-12)18-8-11(19)15-9-5-3-4-6-10(9)18/h3-6,14H,2,7-8H2,1H3,(H,15,19). The van der Waals surface area contributed by atoms with Crippen molar-refractivity contribution in [3.63, 3.8) is 0 Å². The summed E-state index contributed by atoms with van der Waals surface area (Å²) < 4.78 is 5.59. The highest BCUT2D eigenvalue weighted by Gasteiger charge is 2.26. The number of fused-ring (bicyclic) bond motifs is 1. The van der Waals surface area contributed by atoms with Crippen molar-refractivity contribution < 1.29 is 9.21 Å². The quantitative estimate of drug-likeness (QED) is 0.872. The number of nitrogens with zero attached hydrogens (tertiary/aromatic N) is 3. The fourth-order valence-electron chi connectivity index (χ4n) is 2.06. The Labute approximate surface area is 116 Å². The predicted molar refractivity (Wildman–Crippen MR) is 73.8 cm³/mol. The second kappa shape index (κ2) is 5.30. The largest absolute Gasteiger partial charge is 0.406 e. The smallest absolute Gasteiger partial charge is 0.323 e. The molecule has 1 aromatic carbocycles. The van der Waals surface area contributed by atoms with E-state index >= 15 is 0 Å². The number of amides is 1. The van der Waals surface area contributed by atoms with Gasteiger partial charge in [0.25, 0.3) is 0 Å². The Morgan fingerprint density at radius 1 is 1.40 bits per heavy atom. The second-order valence-electron chi connectivity index (χ2n) is 4.41. The second-order valence-corrected chi connectivity index (χ2v) is 4.41. The Balaban J connectivity index is 1.90. The molecule has 1 aromatic heterocycles. The van der Waals surface area contributed by atoms with Crippen molar-refractivity contribution in [3.05, 3.63) is 30.2 Å². The Morgan fingerprint density at radius 3 is 3.10 bits per heavy atom. The summed E-state index contributed by atoms with van der Waals surface area (Å²) in [6, 6.07) is 7.85. The first-order valence-corrected chi connectivity index (χ1v) is 6.47. The van der Waals surface area contributed by atoms with Crippen LogP contribution in [0.3, 0.4) is 0 Å². The van der Waals surface area contributed by atoms with Gasteiger partial charge in [-0.1, -0.05) is 24.2 Å². The molecule has 7 heteroatoms. The van der Waals surface area contributed by atoms with Crippen LogP contribution in [-0.4, -0.2) is 29.2 Å². The predicted octanol–water partition coefficient (Wildman–Crippen LogP) is 1.27. The van der Waals surface area contributed by atoms with E-state index in [1.54, 1.807) is 4.90 Å². The van der Waals surface area contributed by atoms with E-state index in [2.05, 4.69) is 20.8 Å². The number of anilines is 3. The van der Waals surface area contributed by atoms with Gasteiger partial charge in [0.1, 0.15) is 6.54 Å². The van der Waals surface area contributed by atoms with Gasteiger partial charge in [-0.05, 0) is 18.7 Å². The van der Waals surface area contributed by atoms with E-state index in [-0.39, 0.29) is 12.5 Å². The highest BCUT2D eigenvalue weighted by Crippen LogP contribution is 2.33. The molecule has 0 fully saturated rings. The molecule has 0 unspecified atom stereocenters. The molecule has 7 nitrogen and oxygen atoms in total. The third-order valence-corrected chi connectivity index (χ3v) is 2.98. The van der Waals surface area contributed by atoms with Gasteiger partial charge in [-0.15, -0.1) is 5.10 Å². The van der Waals surface area contributed by atoms with Crippen LogP contribution in [0.15, 0.2) is 28.7 Å². The minimum absolute atomic E-state index is 0.102. The van der Waals surface area contributed by atoms with Gasteiger partial charge in [0, 0.05) is 0 Å². The summed E-state index contributed by atoms with van der Waals surface area (Å²) in [5.41, 5.74) is 1.60. The van der Waals surface area contributed by atoms with Crippen LogP contribution in [0.4, 0.5) is 17.4 Å². The fourth-order valence-corrected chi connectivity index (χ4v) is 2.06. The van der Waals surface area contributed by atoms with Gasteiger partial charge in [0.15, 0.2) is 0 Å². The Hall–Kier alpha value is -2.41. The van der Waals surface area contributed by atoms with E-state index < -0.39 is 0 Å². The Bertz CT molecular complexity index is 625. The third-order valence-electron chi connectivity index (χ3n) is 2.98. The molecule has 3 rings (SSSR count). The number of para-hydroxylation sites is 2. The van der Waals surface area contributed by atoms with Crippen LogP contribution in [0.2, 0.25) is 0 Å². The maximum Gasteiger partial charge on any atom is 0.323 e. The Morgan fingerprint density at radius 2 is 2.25 bits per heavy atom. The van der Waals surface area contributed by atoms with Crippen LogP contribution in [-0.2, 0) is 11.3 Å². The van der Waals surface area contributed by atoms with Crippen molar-refractivity contribution >= 4 is 23.3 Å². The molecule has 0 spiro atoms. The van der Waals surface area contributed by atoms with E-state index in [0.717, 1.165) is 17.9 Å². The summed E-state index contributed by atoms with van der Waals surface area (Å²) in [6.45, 7) is 3.51. The molecule has 1 amide bonds. The average molecular weight is 273 g/mol. The number of nitrogens with one attached hydrogen (secondary N) is 2. The minimum Gasteiger partial charge on any atom is -0.406 e. The zero-order valence-corrected chi connectivity index (χ0v) is 11.1. The fraction of sp³-hybridized carbons (Fsp3) is 0.308. The van der Waals surface area contributed by atoms with Gasteiger partial charge in [-0.2, -0.15) is 0 Å². The molecule has 2 heterocycles. The van der Waals surface area contributed by atoms with Crippen LogP contribution in [0.1, 0.15) is 12.8 Å². The van der Waals surface area contributed by atoms with E-state index in [1.165, 1.54) is 0 Å². The zero-order valence-electron chi connectivity index (χ0n) is 11.1. The normalized spacial score (nSPS) is 14.1. The summed E-state index contributed by atoms with van der Waals surface area (Å²) in [7, 11) is 0. The molecule has 1 aliphatic rings. The van der Waals surface area contributed by atoms with E-state index in [1.807, 2.05) is 31.2 Å². The number of benzene rings is 1. The number of hydrogen-bond acceptors (Lipinski definition) is 6. The van der Waals surface area contributed by atoms with Gasteiger partial charge >= 0.3 is 6.01 Å². The van der Waals surface area contributed by atoms with Crippen molar-refractivity contribution in [1.82, 2.24) is 15.5 Å². The molecule has 0 saturated carbocycles. The molecule has 2 aromatic rings. The van der Waals surface area contributed by atoms with Crippen molar-refractivity contribution in [2.45, 2.75) is 13.5 Å². The van der Waals surface area contributed by atoms with Crippen LogP contribution in [0.5, 0.6) is 0 Å². The molecule has 2 N–H and O–H groups in total. The molecular weight excluding hydrogens is 258 g/mol. The number of hydrogen-bond donors (Lipinski definition) is 2. The molecular formula is C13H15N5O2. The third kappa shape index (κ3) is 2.35. The van der Waals surface area contributed by atoms with Crippen molar-refractivity contribution in [2.75, 3.05) is 23.3 Å². The molecule has 1 aliphatic heterocycles. The lowest BCUT2D eigenvalue weighted by Crippen LogP contribution is -2.35. The zero-order chi connectivity index (χ0) is 13.9. The van der Waals surface area contributed by atoms with Gasteiger partial charge in [0.05, 0.1) is 17.9 Å². The molecule has 0 bridgehead atoms. The molecule has 0 aliphatic carbocycles. The van der Waals surface area contributed by atoms with E-state index in [9.17, 15) is 4.79 Å². The molecule has 104 valence electrons. The summed E-state index contributed by atoms with van der Waals surface area (Å²) in [5.74, 6) is 0.403. The maximum absolute atomic E-state index is 11.7. The monoisotopic (exact) mass is 273 g/mol. The van der Waals surface area contributed by atoms with Crippen LogP contribution in [0, 0.1) is 0 Å². The maximum atomic E-state index is 11.7. The number of carbonyl (C=O) groups is 1. The summed E-state index contributed by atoms with van der Waals surface area (Å²) in [6.07, 6.45) is 0. The van der Waals surface area contributed by atoms with Crippen molar-refractivity contribution in [1.29, 1.82) is 0 Å². The lowest BCUT2D eigenvalue weighted by Gasteiger charge is -2.27. The van der Waals surface area contributed by atoms with Crippen LogP contribution >= 0.6 is 0 Å². The number of carbonyl (C=O) groups excluding carboxylic acids is 1. The van der Waals surface area contributed by atoms with Gasteiger partial charge in [-0.25, -0.2) is 0 Å². The summed E-state index contributed by atoms with van der Waals surface area (Å²) in [5, 5.41) is 13.9. The topological polar surface area (TPSA) is 83.3 Å². The molecule has 0 atom stereocenters. The lowest BCUT2D eigenvalue weighted by atomic mass is 10.2. The van der Waals surface area contributed by atoms with Crippen molar-refractivity contribution in [3.8, 4) is 0 Å². The van der Waals surface area contributed by atoms with Gasteiger partial charge < -0.3 is 15.1 Å². The Kier molecular flexibility index (Phi) is 3.34. The first kappa shape index (κ1) is 12.6. The molecule has 0 radical (unpaired) electrons. The van der Waals surface area contributed by atoms with E-state index in [4.69, 9.17) is 4.42 Å². The number of aromatic nitrogens is 2. The first-order chi connectivity index (χ1) is 9.78.